The Hall–Kier alpha value is -7.79. The molecule has 1 aliphatic heterocycles. The highest BCUT2D eigenvalue weighted by atomic mass is 32.2. The van der Waals surface area contributed by atoms with Gasteiger partial charge in [0.15, 0.2) is 0 Å². The van der Waals surface area contributed by atoms with Gasteiger partial charge in [0.05, 0.1) is 16.4 Å². The minimum atomic E-state index is -0.568. The predicted molar refractivity (Wildman–Crippen MR) is 262 cm³/mol. The lowest BCUT2D eigenvalue weighted by atomic mass is 9.59. The number of fused-ring (bicyclic) bond motifs is 14. The van der Waals surface area contributed by atoms with E-state index in [2.05, 4.69) is 222 Å². The summed E-state index contributed by atoms with van der Waals surface area (Å²) in [5, 5.41) is 7.22. The van der Waals surface area contributed by atoms with E-state index in [1.54, 1.807) is 0 Å². The second-order valence-electron chi connectivity index (χ2n) is 16.8. The molecule has 1 spiro atoms. The number of benzene rings is 10. The van der Waals surface area contributed by atoms with Crippen LogP contribution in [0, 0.1) is 0 Å². The fourth-order valence-electron chi connectivity index (χ4n) is 11.1. The number of hydrogen-bond donors (Lipinski definition) is 0. The Morgan fingerprint density at radius 2 is 1.02 bits per heavy atom. The van der Waals surface area contributed by atoms with E-state index in [0.29, 0.717) is 0 Å². The van der Waals surface area contributed by atoms with Gasteiger partial charge in [-0.2, -0.15) is 0 Å². The Balaban J connectivity index is 1.07. The van der Waals surface area contributed by atoms with E-state index >= 15 is 0 Å². The zero-order valence-electron chi connectivity index (χ0n) is 34.0. The molecular formula is C59H36N2OS. The van der Waals surface area contributed by atoms with Gasteiger partial charge < -0.3 is 13.9 Å². The molecule has 0 saturated carbocycles. The lowest BCUT2D eigenvalue weighted by Gasteiger charge is -2.46. The van der Waals surface area contributed by atoms with Crippen LogP contribution in [0.4, 0.5) is 17.1 Å². The molecule has 0 amide bonds. The molecule has 294 valence electrons. The van der Waals surface area contributed by atoms with E-state index < -0.39 is 5.41 Å². The van der Waals surface area contributed by atoms with Crippen LogP contribution in [0.3, 0.4) is 0 Å². The molecule has 0 fully saturated rings. The van der Waals surface area contributed by atoms with Gasteiger partial charge in [0.2, 0.25) is 0 Å². The van der Waals surface area contributed by atoms with Crippen molar-refractivity contribution in [3.63, 3.8) is 0 Å². The molecule has 2 aromatic heterocycles. The Bertz CT molecular complexity index is 3860. The molecule has 0 radical (unpaired) electrons. The van der Waals surface area contributed by atoms with E-state index in [0.717, 1.165) is 44.7 Å². The summed E-state index contributed by atoms with van der Waals surface area (Å²) < 4.78 is 8.79. The van der Waals surface area contributed by atoms with Crippen molar-refractivity contribution in [3.8, 4) is 16.8 Å². The maximum absolute atomic E-state index is 6.40. The Labute approximate surface area is 368 Å². The van der Waals surface area contributed by atoms with E-state index in [1.807, 2.05) is 17.8 Å². The maximum atomic E-state index is 6.40. The van der Waals surface area contributed by atoms with Gasteiger partial charge in [0, 0.05) is 54.1 Å². The van der Waals surface area contributed by atoms with Crippen molar-refractivity contribution in [1.82, 2.24) is 4.57 Å². The molecule has 14 rings (SSSR count). The standard InChI is InChI=1S/C59H36N2OS/c1-2-16-38(17-3-1)61-52-25-9-5-19-43(52)46-34-39(28-31-53(46)61)60(40-29-32-55-47(35-40)44-20-6-10-26-54(44)62-55)41-30-33-57-51(36-41)59(49-23-8-11-27-56(49)63-57)48-22-7-4-18-42(48)45-21-12-14-37-15-13-24-50(59)58(37)45/h1-36H. The van der Waals surface area contributed by atoms with Crippen LogP contribution in [0.1, 0.15) is 22.3 Å². The highest BCUT2D eigenvalue weighted by Crippen LogP contribution is 2.62. The average molecular weight is 821 g/mol. The topological polar surface area (TPSA) is 21.3 Å². The monoisotopic (exact) mass is 820 g/mol. The van der Waals surface area contributed by atoms with Crippen molar-refractivity contribution >= 4 is 83.3 Å². The molecule has 12 aromatic rings. The molecule has 1 atom stereocenters. The summed E-state index contributed by atoms with van der Waals surface area (Å²) in [4.78, 5) is 5.01. The minimum absolute atomic E-state index is 0.568. The Morgan fingerprint density at radius 1 is 0.397 bits per heavy atom. The number of aromatic nitrogens is 1. The molecule has 63 heavy (non-hydrogen) atoms. The second kappa shape index (κ2) is 13.1. The fourth-order valence-corrected chi connectivity index (χ4v) is 12.2. The van der Waals surface area contributed by atoms with Crippen LogP contribution in [-0.2, 0) is 5.41 Å². The van der Waals surface area contributed by atoms with Crippen LogP contribution < -0.4 is 4.90 Å². The third-order valence-corrected chi connectivity index (χ3v) is 14.8. The van der Waals surface area contributed by atoms with Gasteiger partial charge in [-0.25, -0.2) is 0 Å². The quantitative estimate of drug-likeness (QED) is 0.176. The molecule has 0 N–H and O–H groups in total. The lowest BCUT2D eigenvalue weighted by Crippen LogP contribution is -2.36. The van der Waals surface area contributed by atoms with Crippen LogP contribution in [0.15, 0.2) is 233 Å². The summed E-state index contributed by atoms with van der Waals surface area (Å²) in [6.07, 6.45) is 0. The molecule has 3 heterocycles. The van der Waals surface area contributed by atoms with Gasteiger partial charge in [0.25, 0.3) is 0 Å². The average Bonchev–Trinajstić information content (AvgIpc) is 3.88. The summed E-state index contributed by atoms with van der Waals surface area (Å²) in [7, 11) is 0. The van der Waals surface area contributed by atoms with Crippen LogP contribution >= 0.6 is 11.8 Å². The first-order chi connectivity index (χ1) is 31.2. The first-order valence-electron chi connectivity index (χ1n) is 21.6. The Kier molecular flexibility index (Phi) is 7.26. The summed E-state index contributed by atoms with van der Waals surface area (Å²) in [5.74, 6) is 0. The molecular weight excluding hydrogens is 785 g/mol. The van der Waals surface area contributed by atoms with Crippen molar-refractivity contribution < 1.29 is 4.42 Å². The largest absolute Gasteiger partial charge is 0.456 e. The number of nitrogens with zero attached hydrogens (tertiary/aromatic N) is 2. The molecule has 3 nitrogen and oxygen atoms in total. The zero-order chi connectivity index (χ0) is 41.2. The third-order valence-electron chi connectivity index (χ3n) is 13.6. The molecule has 1 unspecified atom stereocenters. The van der Waals surface area contributed by atoms with Crippen molar-refractivity contribution in [1.29, 1.82) is 0 Å². The van der Waals surface area contributed by atoms with Crippen molar-refractivity contribution in [2.24, 2.45) is 0 Å². The van der Waals surface area contributed by atoms with Gasteiger partial charge in [-0.15, -0.1) is 0 Å². The van der Waals surface area contributed by atoms with Crippen molar-refractivity contribution in [3.05, 3.63) is 241 Å². The first kappa shape index (κ1) is 34.9. The van der Waals surface area contributed by atoms with E-state index in [1.165, 1.54) is 75.7 Å². The van der Waals surface area contributed by atoms with Gasteiger partial charge in [-0.3, -0.25) is 0 Å². The normalized spacial score (nSPS) is 15.0. The van der Waals surface area contributed by atoms with Crippen LogP contribution in [0.25, 0.3) is 71.3 Å². The number of para-hydroxylation sites is 3. The Morgan fingerprint density at radius 3 is 1.92 bits per heavy atom. The smallest absolute Gasteiger partial charge is 0.135 e. The van der Waals surface area contributed by atoms with Gasteiger partial charge in [-0.05, 0) is 129 Å². The van der Waals surface area contributed by atoms with E-state index in [9.17, 15) is 0 Å². The predicted octanol–water partition coefficient (Wildman–Crippen LogP) is 16.1. The number of rotatable bonds is 4. The SMILES string of the molecule is c1ccc(-n2c3ccccc3c3cc(N(c4ccc5c(c4)C4(c6ccccc6S5)c5ccccc5-c5cccc6cccc4c56)c4ccc5oc6ccccc6c5c4)ccc32)cc1. The van der Waals surface area contributed by atoms with Crippen LogP contribution in [0.5, 0.6) is 0 Å². The molecule has 0 bridgehead atoms. The summed E-state index contributed by atoms with van der Waals surface area (Å²) in [6.45, 7) is 0. The second-order valence-corrected chi connectivity index (χ2v) is 17.9. The van der Waals surface area contributed by atoms with E-state index in [4.69, 9.17) is 4.42 Å². The highest BCUT2D eigenvalue weighted by molar-refractivity contribution is 7.99. The number of anilines is 3. The first-order valence-corrected chi connectivity index (χ1v) is 22.4. The maximum Gasteiger partial charge on any atom is 0.135 e. The highest BCUT2D eigenvalue weighted by Gasteiger charge is 2.48. The molecule has 1 aliphatic carbocycles. The van der Waals surface area contributed by atoms with Crippen molar-refractivity contribution in [2.45, 2.75) is 15.2 Å². The summed E-state index contributed by atoms with van der Waals surface area (Å²) >= 11 is 1.88. The van der Waals surface area contributed by atoms with Gasteiger partial charge in [0.1, 0.15) is 11.2 Å². The van der Waals surface area contributed by atoms with Gasteiger partial charge in [-0.1, -0.05) is 145 Å². The number of furan rings is 1. The minimum Gasteiger partial charge on any atom is -0.456 e. The van der Waals surface area contributed by atoms with Crippen molar-refractivity contribution in [2.75, 3.05) is 4.90 Å². The molecule has 0 saturated heterocycles. The summed E-state index contributed by atoms with van der Waals surface area (Å²) in [5.41, 5.74) is 15.8. The van der Waals surface area contributed by atoms with Crippen LogP contribution in [-0.4, -0.2) is 4.57 Å². The molecule has 2 aliphatic rings. The fraction of sp³-hybridized carbons (Fsp3) is 0.0169. The number of hydrogen-bond acceptors (Lipinski definition) is 3. The zero-order valence-corrected chi connectivity index (χ0v) is 34.8. The van der Waals surface area contributed by atoms with E-state index in [-0.39, 0.29) is 0 Å². The summed E-state index contributed by atoms with van der Waals surface area (Å²) in [6, 6.07) is 80.6. The third kappa shape index (κ3) is 4.81. The van der Waals surface area contributed by atoms with Crippen LogP contribution in [0.2, 0.25) is 0 Å². The lowest BCUT2D eigenvalue weighted by molar-refractivity contribution is 0.669. The molecule has 10 aromatic carbocycles. The molecule has 4 heteroatoms. The van der Waals surface area contributed by atoms with Gasteiger partial charge >= 0.3 is 0 Å².